The smallest absolute Gasteiger partial charge is 0.231 e. The third-order valence-electron chi connectivity index (χ3n) is 4.33. The van der Waals surface area contributed by atoms with Crippen LogP contribution in [0.5, 0.6) is 17.2 Å². The standard InChI is InChI=1S/C18H16O4/c1-20-13-5-2-11(3-6-13)18(19)15-9-14(15)12-4-7-16-17(8-12)22-10-21-16/h2-8,14-15H,9-10H2,1H3/t14-,15-/m0/s1. The van der Waals surface area contributed by atoms with Gasteiger partial charge >= 0.3 is 0 Å². The Bertz CT molecular complexity index is 720. The molecule has 4 nitrogen and oxygen atoms in total. The number of carbonyl (C=O) groups is 1. The van der Waals surface area contributed by atoms with Crippen LogP contribution in [-0.4, -0.2) is 19.7 Å². The topological polar surface area (TPSA) is 44.8 Å². The SMILES string of the molecule is COc1ccc(C(=O)[C@H]2C[C@H]2c2ccc3c(c2)OCO3)cc1. The largest absolute Gasteiger partial charge is 0.497 e. The molecule has 4 rings (SSSR count). The quantitative estimate of drug-likeness (QED) is 0.811. The van der Waals surface area contributed by atoms with Gasteiger partial charge in [0, 0.05) is 11.5 Å². The molecule has 112 valence electrons. The number of hydrogen-bond acceptors (Lipinski definition) is 4. The molecule has 22 heavy (non-hydrogen) atoms. The molecular weight excluding hydrogens is 280 g/mol. The summed E-state index contributed by atoms with van der Waals surface area (Å²) in [6.45, 7) is 0.275. The molecule has 2 atom stereocenters. The summed E-state index contributed by atoms with van der Waals surface area (Å²) in [4.78, 5) is 12.5. The summed E-state index contributed by atoms with van der Waals surface area (Å²) in [6.07, 6.45) is 0.893. The van der Waals surface area contributed by atoms with Crippen molar-refractivity contribution in [1.29, 1.82) is 0 Å². The molecule has 1 saturated carbocycles. The molecule has 2 aliphatic rings. The number of ether oxygens (including phenoxy) is 3. The zero-order valence-corrected chi connectivity index (χ0v) is 12.2. The van der Waals surface area contributed by atoms with E-state index >= 15 is 0 Å². The number of benzene rings is 2. The molecule has 1 fully saturated rings. The maximum absolute atomic E-state index is 12.5. The van der Waals surface area contributed by atoms with Crippen LogP contribution in [0.25, 0.3) is 0 Å². The second-order valence-electron chi connectivity index (χ2n) is 5.65. The fraction of sp³-hybridized carbons (Fsp3) is 0.278. The van der Waals surface area contributed by atoms with Gasteiger partial charge in [0.25, 0.3) is 0 Å². The van der Waals surface area contributed by atoms with Gasteiger partial charge in [0.15, 0.2) is 17.3 Å². The van der Waals surface area contributed by atoms with Gasteiger partial charge in [0.2, 0.25) is 6.79 Å². The Morgan fingerprint density at radius 3 is 2.64 bits per heavy atom. The van der Waals surface area contributed by atoms with Crippen LogP contribution in [0.3, 0.4) is 0 Å². The van der Waals surface area contributed by atoms with Crippen LogP contribution in [0.4, 0.5) is 0 Å². The van der Waals surface area contributed by atoms with Crippen LogP contribution in [-0.2, 0) is 0 Å². The van der Waals surface area contributed by atoms with E-state index in [0.29, 0.717) is 0 Å². The van der Waals surface area contributed by atoms with Gasteiger partial charge in [-0.15, -0.1) is 0 Å². The lowest BCUT2D eigenvalue weighted by Crippen LogP contribution is -2.03. The summed E-state index contributed by atoms with van der Waals surface area (Å²) in [7, 11) is 1.62. The molecule has 0 bridgehead atoms. The van der Waals surface area contributed by atoms with Crippen molar-refractivity contribution in [2.24, 2.45) is 5.92 Å². The van der Waals surface area contributed by atoms with Crippen LogP contribution < -0.4 is 14.2 Å². The zero-order valence-electron chi connectivity index (χ0n) is 12.2. The number of ketones is 1. The van der Waals surface area contributed by atoms with Gasteiger partial charge in [0.05, 0.1) is 7.11 Å². The maximum Gasteiger partial charge on any atom is 0.231 e. The van der Waals surface area contributed by atoms with E-state index in [1.54, 1.807) is 7.11 Å². The average Bonchev–Trinajstić information content (AvgIpc) is 3.23. The summed E-state index contributed by atoms with van der Waals surface area (Å²) in [5, 5.41) is 0. The van der Waals surface area contributed by atoms with Crippen molar-refractivity contribution in [1.82, 2.24) is 0 Å². The molecule has 1 heterocycles. The minimum atomic E-state index is 0.0637. The molecule has 1 aliphatic carbocycles. The van der Waals surface area contributed by atoms with Crippen molar-refractivity contribution in [3.05, 3.63) is 53.6 Å². The molecule has 0 saturated heterocycles. The van der Waals surface area contributed by atoms with E-state index in [-0.39, 0.29) is 24.4 Å². The highest BCUT2D eigenvalue weighted by molar-refractivity contribution is 6.00. The van der Waals surface area contributed by atoms with Gasteiger partial charge in [-0.1, -0.05) is 6.07 Å². The Hall–Kier alpha value is -2.49. The normalized spacial score (nSPS) is 21.5. The van der Waals surface area contributed by atoms with E-state index in [2.05, 4.69) is 0 Å². The van der Waals surface area contributed by atoms with Crippen molar-refractivity contribution >= 4 is 5.78 Å². The molecule has 2 aromatic rings. The van der Waals surface area contributed by atoms with Crippen molar-refractivity contribution in [2.75, 3.05) is 13.9 Å². The van der Waals surface area contributed by atoms with Crippen LogP contribution >= 0.6 is 0 Å². The first-order valence-corrected chi connectivity index (χ1v) is 7.34. The van der Waals surface area contributed by atoms with Crippen molar-refractivity contribution in [3.8, 4) is 17.2 Å². The third kappa shape index (κ3) is 2.21. The lowest BCUT2D eigenvalue weighted by atomic mass is 10.0. The van der Waals surface area contributed by atoms with Gasteiger partial charge in [0.1, 0.15) is 5.75 Å². The van der Waals surface area contributed by atoms with E-state index in [4.69, 9.17) is 14.2 Å². The molecular formula is C18H16O4. The van der Waals surface area contributed by atoms with E-state index in [1.807, 2.05) is 42.5 Å². The van der Waals surface area contributed by atoms with Crippen molar-refractivity contribution < 1.29 is 19.0 Å². The number of hydrogen-bond donors (Lipinski definition) is 0. The lowest BCUT2D eigenvalue weighted by molar-refractivity contribution is 0.0965. The van der Waals surface area contributed by atoms with E-state index in [9.17, 15) is 4.79 Å². The van der Waals surface area contributed by atoms with Gasteiger partial charge in [-0.25, -0.2) is 0 Å². The monoisotopic (exact) mass is 296 g/mol. The molecule has 2 aromatic carbocycles. The molecule has 0 amide bonds. The second-order valence-corrected chi connectivity index (χ2v) is 5.65. The first kappa shape index (κ1) is 13.2. The Kier molecular flexibility index (Phi) is 3.03. The van der Waals surface area contributed by atoms with Crippen LogP contribution in [0.1, 0.15) is 28.3 Å². The van der Waals surface area contributed by atoms with Crippen LogP contribution in [0, 0.1) is 5.92 Å². The molecule has 1 aliphatic heterocycles. The fourth-order valence-corrected chi connectivity index (χ4v) is 2.97. The predicted octanol–water partition coefficient (Wildman–Crippen LogP) is 3.41. The number of carbonyl (C=O) groups excluding carboxylic acids is 1. The number of fused-ring (bicyclic) bond motifs is 1. The summed E-state index contributed by atoms with van der Waals surface area (Å²) >= 11 is 0. The molecule has 0 N–H and O–H groups in total. The Morgan fingerprint density at radius 2 is 1.86 bits per heavy atom. The van der Waals surface area contributed by atoms with Crippen molar-refractivity contribution in [3.63, 3.8) is 0 Å². The molecule has 0 spiro atoms. The second kappa shape index (κ2) is 5.05. The molecule has 0 aromatic heterocycles. The first-order chi connectivity index (χ1) is 10.8. The Balaban J connectivity index is 1.50. The van der Waals surface area contributed by atoms with Gasteiger partial charge in [-0.2, -0.15) is 0 Å². The van der Waals surface area contributed by atoms with E-state index in [0.717, 1.165) is 34.8 Å². The summed E-state index contributed by atoms with van der Waals surface area (Å²) < 4.78 is 15.8. The Morgan fingerprint density at radius 1 is 1.09 bits per heavy atom. The minimum Gasteiger partial charge on any atom is -0.497 e. The predicted molar refractivity (Wildman–Crippen MR) is 80.7 cm³/mol. The van der Waals surface area contributed by atoms with E-state index < -0.39 is 0 Å². The maximum atomic E-state index is 12.5. The summed E-state index contributed by atoms with van der Waals surface area (Å²) in [5.41, 5.74) is 1.89. The molecule has 0 unspecified atom stereocenters. The molecule has 4 heteroatoms. The van der Waals surface area contributed by atoms with Gasteiger partial charge in [-0.05, 0) is 54.3 Å². The summed E-state index contributed by atoms with van der Waals surface area (Å²) in [6, 6.07) is 13.3. The first-order valence-electron chi connectivity index (χ1n) is 7.34. The summed E-state index contributed by atoms with van der Waals surface area (Å²) in [5.74, 6) is 2.87. The fourth-order valence-electron chi connectivity index (χ4n) is 2.97. The minimum absolute atomic E-state index is 0.0637. The third-order valence-corrected chi connectivity index (χ3v) is 4.33. The average molecular weight is 296 g/mol. The van der Waals surface area contributed by atoms with Crippen LogP contribution in [0.15, 0.2) is 42.5 Å². The number of rotatable bonds is 4. The lowest BCUT2D eigenvalue weighted by Gasteiger charge is -2.04. The highest BCUT2D eigenvalue weighted by Crippen LogP contribution is 2.51. The van der Waals surface area contributed by atoms with Gasteiger partial charge in [-0.3, -0.25) is 4.79 Å². The van der Waals surface area contributed by atoms with Crippen LogP contribution in [0.2, 0.25) is 0 Å². The number of Topliss-reactive ketones (excluding diaryl/α,β-unsaturated/α-hetero) is 1. The zero-order chi connectivity index (χ0) is 15.1. The number of methoxy groups -OCH3 is 1. The Labute approximate surface area is 128 Å². The molecule has 0 radical (unpaired) electrons. The van der Waals surface area contributed by atoms with Gasteiger partial charge < -0.3 is 14.2 Å². The van der Waals surface area contributed by atoms with E-state index in [1.165, 1.54) is 0 Å². The van der Waals surface area contributed by atoms with Crippen molar-refractivity contribution in [2.45, 2.75) is 12.3 Å². The highest BCUT2D eigenvalue weighted by atomic mass is 16.7. The highest BCUT2D eigenvalue weighted by Gasteiger charge is 2.44.